The molecule has 0 radical (unpaired) electrons. The van der Waals surface area contributed by atoms with Crippen LogP contribution in [0.4, 0.5) is 0 Å². The molecule has 49 heavy (non-hydrogen) atoms. The largest absolute Gasteiger partial charge is 0.464 e. The van der Waals surface area contributed by atoms with Crippen LogP contribution in [0.5, 0.6) is 0 Å². The van der Waals surface area contributed by atoms with Crippen LogP contribution in [0.15, 0.2) is 171 Å². The molecule has 228 valence electrons. The van der Waals surface area contributed by atoms with Gasteiger partial charge >= 0.3 is 0 Å². The summed E-state index contributed by atoms with van der Waals surface area (Å²) in [7, 11) is 0. The molecule has 11 aromatic rings. The van der Waals surface area contributed by atoms with E-state index >= 15 is 0 Å². The van der Waals surface area contributed by atoms with Crippen LogP contribution >= 0.6 is 0 Å². The van der Waals surface area contributed by atoms with Gasteiger partial charge in [-0.1, -0.05) is 121 Å². The summed E-state index contributed by atoms with van der Waals surface area (Å²) >= 11 is 0. The second-order valence-electron chi connectivity index (χ2n) is 12.8. The maximum absolute atomic E-state index is 6.62. The lowest BCUT2D eigenvalue weighted by Gasteiger charge is -2.18. The highest BCUT2D eigenvalue weighted by molar-refractivity contribution is 6.25. The zero-order valence-corrected chi connectivity index (χ0v) is 26.2. The average Bonchev–Trinajstić information content (AvgIpc) is 3.87. The topological polar surface area (TPSA) is 39.4 Å². The van der Waals surface area contributed by atoms with Crippen molar-refractivity contribution in [3.63, 3.8) is 0 Å². The van der Waals surface area contributed by atoms with Crippen LogP contribution in [0.25, 0.3) is 110 Å². The summed E-state index contributed by atoms with van der Waals surface area (Å²) in [5.74, 6) is 0. The number of hydrogen-bond acceptors (Lipinski definition) is 3. The second kappa shape index (κ2) is 9.96. The number of fused-ring (bicyclic) bond motifs is 10. The molecule has 0 bridgehead atoms. The van der Waals surface area contributed by atoms with Crippen molar-refractivity contribution in [2.45, 2.75) is 0 Å². The van der Waals surface area contributed by atoms with Crippen molar-refractivity contribution >= 4 is 76.4 Å². The Morgan fingerprint density at radius 1 is 0.327 bits per heavy atom. The first-order valence-corrected chi connectivity index (χ1v) is 16.6. The fourth-order valence-electron chi connectivity index (χ4n) is 8.02. The molecule has 0 fully saturated rings. The maximum Gasteiger partial charge on any atom is 0.147 e. The summed E-state index contributed by atoms with van der Waals surface area (Å²) in [6.07, 6.45) is 1.84. The predicted molar refractivity (Wildman–Crippen MR) is 202 cm³/mol. The lowest BCUT2D eigenvalue weighted by Crippen LogP contribution is -1.91. The molecule has 8 aromatic carbocycles. The Morgan fingerprint density at radius 3 is 1.69 bits per heavy atom. The molecule has 0 saturated carbocycles. The van der Waals surface area contributed by atoms with Gasteiger partial charge in [-0.3, -0.25) is 0 Å². The predicted octanol–water partition coefficient (Wildman–Crippen LogP) is 13.5. The molecule has 0 aliphatic heterocycles. The van der Waals surface area contributed by atoms with Crippen molar-refractivity contribution in [2.24, 2.45) is 0 Å². The number of para-hydroxylation sites is 2. The quantitative estimate of drug-likeness (QED) is 0.183. The van der Waals surface area contributed by atoms with Gasteiger partial charge in [-0.05, 0) is 68.6 Å². The van der Waals surface area contributed by atoms with Crippen LogP contribution in [-0.4, -0.2) is 0 Å². The van der Waals surface area contributed by atoms with Gasteiger partial charge in [-0.25, -0.2) is 0 Å². The van der Waals surface area contributed by atoms with Crippen molar-refractivity contribution in [3.8, 4) is 33.4 Å². The molecule has 3 heterocycles. The summed E-state index contributed by atoms with van der Waals surface area (Å²) in [5, 5.41) is 10.2. The minimum absolute atomic E-state index is 0.817. The number of hydrogen-bond donors (Lipinski definition) is 0. The average molecular weight is 627 g/mol. The number of furan rings is 3. The summed E-state index contributed by atoms with van der Waals surface area (Å²) < 4.78 is 19.2. The highest BCUT2D eigenvalue weighted by atomic mass is 16.3. The number of rotatable bonds is 3. The zero-order valence-electron chi connectivity index (χ0n) is 26.2. The summed E-state index contributed by atoms with van der Waals surface area (Å²) in [4.78, 5) is 0. The molecule has 3 aromatic heterocycles. The minimum atomic E-state index is 0.817. The maximum atomic E-state index is 6.62. The summed E-state index contributed by atoms with van der Waals surface area (Å²) in [5.41, 5.74) is 11.1. The highest BCUT2D eigenvalue weighted by Gasteiger charge is 2.22. The third-order valence-corrected chi connectivity index (χ3v) is 10.2. The van der Waals surface area contributed by atoms with Gasteiger partial charge < -0.3 is 13.3 Å². The van der Waals surface area contributed by atoms with Gasteiger partial charge in [0.2, 0.25) is 0 Å². The molecule has 0 saturated heterocycles. The molecule has 0 spiro atoms. The Hall–Kier alpha value is -6.58. The van der Waals surface area contributed by atoms with Gasteiger partial charge in [0.25, 0.3) is 0 Å². The molecule has 3 nitrogen and oxygen atoms in total. The first-order chi connectivity index (χ1) is 24.3. The third kappa shape index (κ3) is 3.73. The van der Waals surface area contributed by atoms with Gasteiger partial charge in [0.1, 0.15) is 27.9 Å². The molecule has 0 atom stereocenters. The smallest absolute Gasteiger partial charge is 0.147 e. The van der Waals surface area contributed by atoms with E-state index in [-0.39, 0.29) is 0 Å². The number of benzene rings is 8. The van der Waals surface area contributed by atoms with Crippen molar-refractivity contribution < 1.29 is 13.3 Å². The van der Waals surface area contributed by atoms with E-state index in [1.54, 1.807) is 0 Å². The Kier molecular flexibility index (Phi) is 5.38. The van der Waals surface area contributed by atoms with Gasteiger partial charge in [0.15, 0.2) is 0 Å². The van der Waals surface area contributed by atoms with Crippen molar-refractivity contribution in [1.29, 1.82) is 0 Å². The highest BCUT2D eigenvalue weighted by Crippen LogP contribution is 2.48. The lowest BCUT2D eigenvalue weighted by molar-refractivity contribution is 0.616. The monoisotopic (exact) mass is 626 g/mol. The van der Waals surface area contributed by atoms with E-state index in [4.69, 9.17) is 13.3 Å². The molecule has 11 rings (SSSR count). The summed E-state index contributed by atoms with van der Waals surface area (Å²) in [6, 6.07) is 53.5. The molecule has 0 aliphatic carbocycles. The first kappa shape index (κ1) is 26.5. The van der Waals surface area contributed by atoms with E-state index in [2.05, 4.69) is 133 Å². The van der Waals surface area contributed by atoms with Crippen LogP contribution in [0, 0.1) is 0 Å². The van der Waals surface area contributed by atoms with Crippen molar-refractivity contribution in [1.82, 2.24) is 0 Å². The van der Waals surface area contributed by atoms with Crippen LogP contribution in [0.1, 0.15) is 0 Å². The van der Waals surface area contributed by atoms with Gasteiger partial charge in [-0.2, -0.15) is 0 Å². The van der Waals surface area contributed by atoms with E-state index in [1.165, 1.54) is 32.7 Å². The third-order valence-electron chi connectivity index (χ3n) is 10.2. The van der Waals surface area contributed by atoms with E-state index in [0.29, 0.717) is 0 Å². The molecule has 0 N–H and O–H groups in total. The minimum Gasteiger partial charge on any atom is -0.464 e. The van der Waals surface area contributed by atoms with Crippen LogP contribution in [0.3, 0.4) is 0 Å². The second-order valence-corrected chi connectivity index (χ2v) is 12.8. The SMILES string of the molecule is c1ccc(-c2coc3ccc4c5cc(-c6c7ccccc7c(-c7cccc8c7oc7ccccc78)c7ccccc67)ccc5oc4c23)cc1. The molecule has 0 amide bonds. The fourth-order valence-corrected chi connectivity index (χ4v) is 8.02. The van der Waals surface area contributed by atoms with Crippen molar-refractivity contribution in [3.05, 3.63) is 158 Å². The normalized spacial score (nSPS) is 12.1. The molecule has 3 heteroatoms. The fraction of sp³-hybridized carbons (Fsp3) is 0. The Balaban J connectivity index is 1.19. The first-order valence-electron chi connectivity index (χ1n) is 16.6. The van der Waals surface area contributed by atoms with Crippen LogP contribution < -0.4 is 0 Å². The Morgan fingerprint density at radius 2 is 0.918 bits per heavy atom. The van der Waals surface area contributed by atoms with E-state index < -0.39 is 0 Å². The van der Waals surface area contributed by atoms with Crippen LogP contribution in [-0.2, 0) is 0 Å². The van der Waals surface area contributed by atoms with E-state index in [9.17, 15) is 0 Å². The Labute approximate surface area is 280 Å². The zero-order chi connectivity index (χ0) is 32.1. The molecule has 0 unspecified atom stereocenters. The summed E-state index contributed by atoms with van der Waals surface area (Å²) in [6.45, 7) is 0. The van der Waals surface area contributed by atoms with Gasteiger partial charge in [0, 0.05) is 38.2 Å². The molecular weight excluding hydrogens is 601 g/mol. The lowest BCUT2D eigenvalue weighted by atomic mass is 9.85. The van der Waals surface area contributed by atoms with E-state index in [1.807, 2.05) is 24.5 Å². The molecule has 0 aliphatic rings. The Bertz CT molecular complexity index is 3040. The van der Waals surface area contributed by atoms with Crippen LogP contribution in [0.2, 0.25) is 0 Å². The van der Waals surface area contributed by atoms with E-state index in [0.717, 1.165) is 77.1 Å². The van der Waals surface area contributed by atoms with Gasteiger partial charge in [0.05, 0.1) is 11.6 Å². The molecular formula is C46H26O3. The van der Waals surface area contributed by atoms with Crippen molar-refractivity contribution in [2.75, 3.05) is 0 Å². The van der Waals surface area contributed by atoms with Gasteiger partial charge in [-0.15, -0.1) is 0 Å². The standard InChI is InChI=1S/C46H26O3/c1-2-11-27(12-3-1)38-26-47-41-24-22-35-37-25-28(21-23-40(37)49-46(35)44(38)41)42-30-14-4-6-16-32(30)43(33-17-7-5-15-31(33)42)36-19-10-18-34-29-13-8-9-20-39(29)48-45(34)36/h1-26H.